The highest BCUT2D eigenvalue weighted by Crippen LogP contribution is 2.53. The van der Waals surface area contributed by atoms with Crippen molar-refractivity contribution in [2.45, 2.75) is 110 Å². The van der Waals surface area contributed by atoms with Crippen molar-refractivity contribution in [3.63, 3.8) is 0 Å². The molecule has 1 aromatic carbocycles. The number of hydrogen-bond donors (Lipinski definition) is 3. The Bertz CT molecular complexity index is 1350. The molecule has 0 saturated heterocycles. The molecule has 3 N–H and O–H groups in total. The van der Waals surface area contributed by atoms with Gasteiger partial charge in [-0.15, -0.1) is 0 Å². The molecule has 0 saturated carbocycles. The number of ketones is 2. The number of phenols is 1. The number of fused-ring (bicyclic) bond motifs is 3. The summed E-state index contributed by atoms with van der Waals surface area (Å²) in [6, 6.07) is 0. The highest BCUT2D eigenvalue weighted by Gasteiger charge is 2.50. The molecule has 0 aromatic heterocycles. The maximum atomic E-state index is 14.2. The van der Waals surface area contributed by atoms with E-state index in [0.29, 0.717) is 35.3 Å². The molecule has 0 bridgehead atoms. The Kier molecular flexibility index (Phi) is 8.59. The Morgan fingerprint density at radius 3 is 2.45 bits per heavy atom. The van der Waals surface area contributed by atoms with Crippen molar-refractivity contribution >= 4 is 17.6 Å². The van der Waals surface area contributed by atoms with E-state index in [2.05, 4.69) is 6.08 Å². The second-order valence-corrected chi connectivity index (χ2v) is 13.6. The summed E-state index contributed by atoms with van der Waals surface area (Å²) in [4.78, 5) is 26.7. The van der Waals surface area contributed by atoms with Crippen molar-refractivity contribution in [2.75, 3.05) is 7.11 Å². The first-order chi connectivity index (χ1) is 19.4. The SMILES string of the molecule is COC(C)(C)[C@H]1C[C@H](C(C)=O)C=C2C(=O)c3c(O)c4c(c(CC(O)C(C)(C)O)c3OC21)O[C@](C)(CCC=C(C)C)C=C4. The molecule has 230 valence electrons. The van der Waals surface area contributed by atoms with Crippen LogP contribution in [0.4, 0.5) is 0 Å². The van der Waals surface area contributed by atoms with E-state index >= 15 is 0 Å². The number of hydrogen-bond acceptors (Lipinski definition) is 8. The van der Waals surface area contributed by atoms with Gasteiger partial charge in [0.2, 0.25) is 0 Å². The lowest BCUT2D eigenvalue weighted by Gasteiger charge is -2.45. The molecule has 8 nitrogen and oxygen atoms in total. The number of phenolic OH excluding ortho intramolecular Hbond substituents is 1. The normalized spacial score (nSPS) is 25.7. The number of aliphatic hydroxyl groups is 2. The second kappa shape index (κ2) is 11.3. The maximum absolute atomic E-state index is 14.2. The van der Waals surface area contributed by atoms with E-state index in [4.69, 9.17) is 14.2 Å². The van der Waals surface area contributed by atoms with Gasteiger partial charge in [0.25, 0.3) is 0 Å². The van der Waals surface area contributed by atoms with Gasteiger partial charge in [0.1, 0.15) is 40.3 Å². The van der Waals surface area contributed by atoms with Crippen LogP contribution in [0, 0.1) is 11.8 Å². The minimum absolute atomic E-state index is 0.0336. The number of aromatic hydroxyl groups is 1. The third-order valence-corrected chi connectivity index (χ3v) is 9.09. The summed E-state index contributed by atoms with van der Waals surface area (Å²) in [7, 11) is 1.59. The van der Waals surface area contributed by atoms with E-state index in [-0.39, 0.29) is 35.2 Å². The van der Waals surface area contributed by atoms with Gasteiger partial charge in [0.15, 0.2) is 5.78 Å². The van der Waals surface area contributed by atoms with Gasteiger partial charge in [-0.05, 0) is 86.8 Å². The molecule has 2 heterocycles. The van der Waals surface area contributed by atoms with Crippen molar-refractivity contribution < 1.29 is 39.1 Å². The smallest absolute Gasteiger partial charge is 0.199 e. The van der Waals surface area contributed by atoms with E-state index in [1.165, 1.54) is 26.3 Å². The van der Waals surface area contributed by atoms with Gasteiger partial charge in [-0.2, -0.15) is 0 Å². The predicted octanol–water partition coefficient (Wildman–Crippen LogP) is 5.50. The Balaban J connectivity index is 1.93. The van der Waals surface area contributed by atoms with Gasteiger partial charge >= 0.3 is 0 Å². The number of ether oxygens (including phenoxy) is 3. The average molecular weight is 583 g/mol. The van der Waals surface area contributed by atoms with Crippen molar-refractivity contribution in [3.05, 3.63) is 46.1 Å². The van der Waals surface area contributed by atoms with Crippen LogP contribution in [0.15, 0.2) is 29.4 Å². The number of allylic oxidation sites excluding steroid dienone is 3. The Hall–Kier alpha value is -2.94. The van der Waals surface area contributed by atoms with Gasteiger partial charge in [-0.3, -0.25) is 9.59 Å². The molecule has 0 radical (unpaired) electrons. The molecule has 0 fully saturated rings. The molecule has 0 spiro atoms. The Morgan fingerprint density at radius 2 is 1.88 bits per heavy atom. The summed E-state index contributed by atoms with van der Waals surface area (Å²) in [5.74, 6) is -1.20. The first-order valence-corrected chi connectivity index (χ1v) is 14.7. The van der Waals surface area contributed by atoms with Crippen molar-refractivity contribution in [1.29, 1.82) is 0 Å². The zero-order valence-corrected chi connectivity index (χ0v) is 26.3. The molecule has 42 heavy (non-hydrogen) atoms. The summed E-state index contributed by atoms with van der Waals surface area (Å²) in [5, 5.41) is 33.3. The van der Waals surface area contributed by atoms with E-state index in [1.807, 2.05) is 40.7 Å². The zero-order valence-electron chi connectivity index (χ0n) is 26.3. The summed E-state index contributed by atoms with van der Waals surface area (Å²) in [6.45, 7) is 14.3. The van der Waals surface area contributed by atoms with Crippen LogP contribution in [0.25, 0.3) is 6.08 Å². The number of methoxy groups -OCH3 is 1. The van der Waals surface area contributed by atoms with Crippen LogP contribution in [-0.2, 0) is 16.0 Å². The Labute approximate surface area is 249 Å². The third kappa shape index (κ3) is 5.94. The number of carbonyl (C=O) groups excluding carboxylic acids is 2. The van der Waals surface area contributed by atoms with Crippen molar-refractivity contribution in [1.82, 2.24) is 0 Å². The minimum atomic E-state index is -1.46. The lowest BCUT2D eigenvalue weighted by atomic mass is 9.69. The highest BCUT2D eigenvalue weighted by atomic mass is 16.5. The summed E-state index contributed by atoms with van der Waals surface area (Å²) in [6.07, 6.45) is 7.21. The van der Waals surface area contributed by atoms with Crippen LogP contribution in [0.5, 0.6) is 17.2 Å². The fourth-order valence-corrected chi connectivity index (χ4v) is 6.01. The van der Waals surface area contributed by atoms with Crippen LogP contribution < -0.4 is 9.47 Å². The van der Waals surface area contributed by atoms with E-state index in [9.17, 15) is 24.9 Å². The van der Waals surface area contributed by atoms with E-state index < -0.39 is 40.7 Å². The fraction of sp³-hybridized carbons (Fsp3) is 0.588. The summed E-state index contributed by atoms with van der Waals surface area (Å²) < 4.78 is 19.1. The molecule has 0 amide bonds. The average Bonchev–Trinajstić information content (AvgIpc) is 2.89. The van der Waals surface area contributed by atoms with E-state index in [0.717, 1.165) is 6.42 Å². The van der Waals surface area contributed by atoms with Crippen LogP contribution >= 0.6 is 0 Å². The lowest BCUT2D eigenvalue weighted by molar-refractivity contribution is -0.122. The molecule has 2 aliphatic heterocycles. The third-order valence-electron chi connectivity index (χ3n) is 9.09. The van der Waals surface area contributed by atoms with Gasteiger partial charge in [-0.1, -0.05) is 17.7 Å². The highest BCUT2D eigenvalue weighted by molar-refractivity contribution is 6.15. The largest absolute Gasteiger partial charge is 0.506 e. The number of aliphatic hydroxyl groups excluding tert-OH is 1. The fourth-order valence-electron chi connectivity index (χ4n) is 6.01. The van der Waals surface area contributed by atoms with Gasteiger partial charge < -0.3 is 29.5 Å². The van der Waals surface area contributed by atoms with Crippen LogP contribution in [0.2, 0.25) is 0 Å². The molecule has 5 atom stereocenters. The van der Waals surface area contributed by atoms with Crippen LogP contribution in [0.1, 0.15) is 96.1 Å². The van der Waals surface area contributed by atoms with Crippen LogP contribution in [0.3, 0.4) is 0 Å². The molecular formula is C34H46O8. The molecule has 4 rings (SSSR count). The van der Waals surface area contributed by atoms with Crippen molar-refractivity contribution in [3.8, 4) is 17.2 Å². The molecular weight excluding hydrogens is 536 g/mol. The second-order valence-electron chi connectivity index (χ2n) is 13.6. The number of rotatable bonds is 9. The lowest BCUT2D eigenvalue weighted by Crippen LogP contribution is -2.51. The first-order valence-electron chi connectivity index (χ1n) is 14.7. The van der Waals surface area contributed by atoms with E-state index in [1.54, 1.807) is 19.3 Å². The molecule has 8 heteroatoms. The quantitative estimate of drug-likeness (QED) is 0.327. The molecule has 1 aromatic rings. The predicted molar refractivity (Wildman–Crippen MR) is 161 cm³/mol. The van der Waals surface area contributed by atoms with Crippen molar-refractivity contribution in [2.24, 2.45) is 11.8 Å². The minimum Gasteiger partial charge on any atom is -0.506 e. The van der Waals surface area contributed by atoms with Gasteiger partial charge in [0.05, 0.1) is 22.9 Å². The number of carbonyl (C=O) groups is 2. The molecule has 2 unspecified atom stereocenters. The standard InChI is InChI=1S/C34H46O8/c1-18(2)11-10-13-34(8)14-12-21-27(37)26-28(38)22-15-20(19(3)35)16-24(33(6,7)40-9)30(22)41-31(26)23(29(21)42-34)17-25(36)32(4,5)39/h11-12,14-15,20,24-25,30,36-37,39H,10,13,16-17H2,1-9H3/t20-,24+,25?,30?,34-/m1/s1. The number of Topliss-reactive ketones (excluding diaryl/α,β-unsaturated/α-hetero) is 2. The topological polar surface area (TPSA) is 123 Å². The molecule has 1 aliphatic carbocycles. The monoisotopic (exact) mass is 582 g/mol. The van der Waals surface area contributed by atoms with Crippen LogP contribution in [-0.4, -0.2) is 63.0 Å². The number of benzene rings is 1. The zero-order chi connectivity index (χ0) is 31.4. The first kappa shape index (κ1) is 32.0. The maximum Gasteiger partial charge on any atom is 0.199 e. The van der Waals surface area contributed by atoms with Gasteiger partial charge in [0, 0.05) is 36.5 Å². The summed E-state index contributed by atoms with van der Waals surface area (Å²) >= 11 is 0. The Morgan fingerprint density at radius 1 is 1.21 bits per heavy atom. The summed E-state index contributed by atoms with van der Waals surface area (Å²) in [5.41, 5.74) is -0.744. The van der Waals surface area contributed by atoms with Gasteiger partial charge in [-0.25, -0.2) is 0 Å². The molecule has 3 aliphatic rings.